The molecule has 5 nitrogen and oxygen atoms in total. The van der Waals surface area contributed by atoms with Gasteiger partial charge in [0.25, 0.3) is 0 Å². The van der Waals surface area contributed by atoms with Crippen LogP contribution < -0.4 is 14.4 Å². The van der Waals surface area contributed by atoms with Crippen molar-refractivity contribution < 1.29 is 54.4 Å². The summed E-state index contributed by atoms with van der Waals surface area (Å²) in [6.45, 7) is -5.39. The lowest BCUT2D eigenvalue weighted by Gasteiger charge is -2.40. The number of anilines is 1. The number of β-amino-alcohol motifs (C(OH)–C–C–N with tert-alkyl or cyclic N) is 1. The largest absolute Gasteiger partial charge is 0.573 e. The van der Waals surface area contributed by atoms with Crippen molar-refractivity contribution in [3.63, 3.8) is 0 Å². The first kappa shape index (κ1) is 28.4. The van der Waals surface area contributed by atoms with Crippen molar-refractivity contribution in [1.82, 2.24) is 0 Å². The van der Waals surface area contributed by atoms with E-state index in [0.29, 0.717) is 16.8 Å². The number of rotatable bonds is 9. The zero-order valence-electron chi connectivity index (χ0n) is 19.8. The van der Waals surface area contributed by atoms with Crippen molar-refractivity contribution in [3.05, 3.63) is 77.9 Å². The highest BCUT2D eigenvalue weighted by Gasteiger charge is 2.38. The lowest BCUT2D eigenvalue weighted by molar-refractivity contribution is -0.328. The average molecular weight is 563 g/mol. The Labute approximate surface area is 217 Å². The second kappa shape index (κ2) is 11.3. The van der Waals surface area contributed by atoms with Gasteiger partial charge in [0.2, 0.25) is 0 Å². The molecular formula is C26H21F8NO4. The van der Waals surface area contributed by atoms with E-state index in [2.05, 4.69) is 9.47 Å². The maximum Gasteiger partial charge on any atom is 0.573 e. The summed E-state index contributed by atoms with van der Waals surface area (Å²) >= 11 is 0. The van der Waals surface area contributed by atoms with Gasteiger partial charge in [0, 0.05) is 12.1 Å². The molecule has 0 aromatic heterocycles. The van der Waals surface area contributed by atoms with E-state index in [1.165, 1.54) is 29.2 Å². The van der Waals surface area contributed by atoms with Gasteiger partial charge < -0.3 is 19.5 Å². The fraction of sp³-hybridized carbons (Fsp3) is 0.308. The number of hydrogen-bond acceptors (Lipinski definition) is 5. The van der Waals surface area contributed by atoms with Gasteiger partial charge in [0.15, 0.2) is 5.75 Å². The van der Waals surface area contributed by atoms with Crippen molar-refractivity contribution in [3.8, 4) is 22.6 Å². The van der Waals surface area contributed by atoms with Crippen LogP contribution in [0.4, 0.5) is 40.8 Å². The molecule has 3 aromatic carbocycles. The predicted octanol–water partition coefficient (Wildman–Crippen LogP) is 6.81. The fourth-order valence-electron chi connectivity index (χ4n) is 4.30. The molecule has 2 atom stereocenters. The van der Waals surface area contributed by atoms with Crippen molar-refractivity contribution in [1.29, 1.82) is 0 Å². The van der Waals surface area contributed by atoms with E-state index in [-0.39, 0.29) is 24.5 Å². The van der Waals surface area contributed by atoms with Crippen LogP contribution in [0.1, 0.15) is 17.2 Å². The van der Waals surface area contributed by atoms with Crippen LogP contribution in [0, 0.1) is 0 Å². The highest BCUT2D eigenvalue weighted by atomic mass is 19.4. The van der Waals surface area contributed by atoms with Gasteiger partial charge in [0.1, 0.15) is 19.0 Å². The molecular weight excluding hydrogens is 542 g/mol. The number of alkyl halides is 8. The van der Waals surface area contributed by atoms with Gasteiger partial charge in [-0.15, -0.1) is 13.2 Å². The van der Waals surface area contributed by atoms with Gasteiger partial charge in [-0.05, 0) is 35.4 Å². The summed E-state index contributed by atoms with van der Waals surface area (Å²) in [6, 6.07) is 13.4. The van der Waals surface area contributed by atoms with Crippen molar-refractivity contribution in [2.45, 2.75) is 31.2 Å². The third-order valence-electron chi connectivity index (χ3n) is 5.87. The summed E-state index contributed by atoms with van der Waals surface area (Å²) in [5.41, 5.74) is 0.257. The Hall–Kier alpha value is -3.58. The second-order valence-corrected chi connectivity index (χ2v) is 8.54. The third kappa shape index (κ3) is 6.71. The van der Waals surface area contributed by atoms with Crippen LogP contribution in [0.15, 0.2) is 66.7 Å². The van der Waals surface area contributed by atoms with Crippen LogP contribution in [0.5, 0.6) is 11.5 Å². The van der Waals surface area contributed by atoms with Gasteiger partial charge in [-0.1, -0.05) is 42.5 Å². The maximum absolute atomic E-state index is 14.2. The van der Waals surface area contributed by atoms with Crippen molar-refractivity contribution in [2.24, 2.45) is 0 Å². The first-order valence-electron chi connectivity index (χ1n) is 11.4. The minimum absolute atomic E-state index is 0.174. The van der Waals surface area contributed by atoms with E-state index in [0.717, 1.165) is 24.3 Å². The number of fused-ring (bicyclic) bond motifs is 1. The van der Waals surface area contributed by atoms with Gasteiger partial charge in [0.05, 0.1) is 23.4 Å². The summed E-state index contributed by atoms with van der Waals surface area (Å²) in [6.07, 6.45) is -10.7. The minimum Gasteiger partial charge on any atom is -0.488 e. The number of aliphatic hydroxyl groups is 1. The molecule has 0 saturated carbocycles. The van der Waals surface area contributed by atoms with E-state index in [9.17, 15) is 40.2 Å². The molecule has 0 bridgehead atoms. The normalized spacial score (nSPS) is 16.6. The van der Waals surface area contributed by atoms with Crippen molar-refractivity contribution in [2.75, 3.05) is 24.7 Å². The summed E-state index contributed by atoms with van der Waals surface area (Å²) in [5.74, 6) is -0.286. The Balaban J connectivity index is 1.74. The predicted molar refractivity (Wildman–Crippen MR) is 124 cm³/mol. The van der Waals surface area contributed by atoms with Gasteiger partial charge in [-0.25, -0.2) is 4.39 Å². The number of aliphatic hydroxyl groups excluding tert-OH is 1. The van der Waals surface area contributed by atoms with Crippen LogP contribution in [0.25, 0.3) is 11.1 Å². The topological polar surface area (TPSA) is 51.2 Å². The summed E-state index contributed by atoms with van der Waals surface area (Å²) in [7, 11) is 0. The van der Waals surface area contributed by atoms with E-state index >= 15 is 0 Å². The highest BCUT2D eigenvalue weighted by Crippen LogP contribution is 2.46. The molecule has 210 valence electrons. The molecule has 4 rings (SSSR count). The number of halogens is 8. The molecule has 0 radical (unpaired) electrons. The number of ether oxygens (including phenoxy) is 3. The SMILES string of the molecule is OC(CF)CN1c2cccc(-c3cccc(OC(F)(F)F)c3)c2OCC1c1cccc(C(F)(F)OC(F)F)c1. The first-order chi connectivity index (χ1) is 18.4. The van der Waals surface area contributed by atoms with Crippen LogP contribution in [0.3, 0.4) is 0 Å². The Morgan fingerprint density at radius 2 is 1.69 bits per heavy atom. The molecule has 1 aliphatic heterocycles. The third-order valence-corrected chi connectivity index (χ3v) is 5.87. The first-order valence-corrected chi connectivity index (χ1v) is 11.4. The maximum atomic E-state index is 14.2. The number of hydrogen-bond donors (Lipinski definition) is 1. The van der Waals surface area contributed by atoms with Crippen LogP contribution in [0.2, 0.25) is 0 Å². The molecule has 1 N–H and O–H groups in total. The molecule has 1 heterocycles. The van der Waals surface area contributed by atoms with Gasteiger partial charge in [-0.3, -0.25) is 4.74 Å². The number of para-hydroxylation sites is 1. The zero-order valence-corrected chi connectivity index (χ0v) is 19.8. The number of benzene rings is 3. The van der Waals surface area contributed by atoms with E-state index in [4.69, 9.17) is 4.74 Å². The summed E-state index contributed by atoms with van der Waals surface area (Å²) in [5, 5.41) is 10.1. The lowest BCUT2D eigenvalue weighted by atomic mass is 9.97. The molecule has 0 saturated heterocycles. The molecule has 0 aliphatic carbocycles. The Morgan fingerprint density at radius 1 is 0.974 bits per heavy atom. The quantitative estimate of drug-likeness (QED) is 0.290. The minimum atomic E-state index is -4.91. The molecule has 0 fully saturated rings. The molecule has 1 aliphatic rings. The second-order valence-electron chi connectivity index (χ2n) is 8.54. The van der Waals surface area contributed by atoms with E-state index in [1.54, 1.807) is 18.2 Å². The fourth-order valence-corrected chi connectivity index (χ4v) is 4.30. The van der Waals surface area contributed by atoms with Crippen LogP contribution in [-0.4, -0.2) is 44.0 Å². The molecule has 2 unspecified atom stereocenters. The highest BCUT2D eigenvalue weighted by molar-refractivity contribution is 5.80. The monoisotopic (exact) mass is 563 g/mol. The van der Waals surface area contributed by atoms with E-state index in [1.807, 2.05) is 0 Å². The zero-order chi connectivity index (χ0) is 28.4. The summed E-state index contributed by atoms with van der Waals surface area (Å²) < 4.78 is 118. The van der Waals surface area contributed by atoms with E-state index < -0.39 is 49.2 Å². The van der Waals surface area contributed by atoms with Crippen molar-refractivity contribution >= 4 is 5.69 Å². The molecule has 13 heteroatoms. The standard InChI is InChI=1S/C26H21F8NO4/c27-12-18(36)13-35-21-9-3-8-20(15-4-2-7-19(11-15)38-26(32,33)34)23(21)37-14-22(35)16-5-1-6-17(10-16)25(30,31)39-24(28)29/h1-11,18,22,24,36H,12-14H2. The van der Waals surface area contributed by atoms with Gasteiger partial charge >= 0.3 is 19.1 Å². The molecule has 0 spiro atoms. The average Bonchev–Trinajstić information content (AvgIpc) is 2.87. The van der Waals surface area contributed by atoms with Gasteiger partial charge in [-0.2, -0.15) is 17.6 Å². The molecule has 0 amide bonds. The smallest absolute Gasteiger partial charge is 0.488 e. The Kier molecular flexibility index (Phi) is 8.21. The number of nitrogens with zero attached hydrogens (tertiary/aromatic N) is 1. The molecule has 3 aromatic rings. The Bertz CT molecular complexity index is 1290. The van der Waals surface area contributed by atoms with Crippen LogP contribution in [-0.2, 0) is 10.8 Å². The van der Waals surface area contributed by atoms with Crippen LogP contribution >= 0.6 is 0 Å². The summed E-state index contributed by atoms with van der Waals surface area (Å²) in [4.78, 5) is 1.49. The Morgan fingerprint density at radius 3 is 2.38 bits per heavy atom. The molecule has 39 heavy (non-hydrogen) atoms. The lowest BCUT2D eigenvalue weighted by Crippen LogP contribution is -2.42.